The molecular formula is C24H24N2O5. The van der Waals surface area contributed by atoms with E-state index in [2.05, 4.69) is 18.4 Å². The number of esters is 1. The van der Waals surface area contributed by atoms with E-state index in [9.17, 15) is 20.0 Å². The molecule has 160 valence electrons. The molecule has 0 unspecified atom stereocenters. The summed E-state index contributed by atoms with van der Waals surface area (Å²) in [5, 5.41) is 19.6. The number of hydrogen-bond donors (Lipinski definition) is 1. The van der Waals surface area contributed by atoms with Gasteiger partial charge >= 0.3 is 11.6 Å². The predicted molar refractivity (Wildman–Crippen MR) is 116 cm³/mol. The number of phenols is 1. The Bertz CT molecular complexity index is 1270. The Balaban J connectivity index is 1.84. The SMILES string of the molecule is Cc1cc(/C=C(\C#N)C(=O)OCc2cc(=O)oc3cc(O)ccc23)c(C)n1CC(C)C. The van der Waals surface area contributed by atoms with E-state index in [1.165, 1.54) is 24.3 Å². The van der Waals surface area contributed by atoms with E-state index < -0.39 is 11.6 Å². The van der Waals surface area contributed by atoms with Crippen LogP contribution in [0.15, 0.2) is 45.1 Å². The number of carbonyl (C=O) groups excluding carboxylic acids is 1. The second kappa shape index (κ2) is 8.92. The lowest BCUT2D eigenvalue weighted by Gasteiger charge is -2.12. The van der Waals surface area contributed by atoms with E-state index in [0.29, 0.717) is 16.9 Å². The minimum atomic E-state index is -0.781. The first kappa shape index (κ1) is 21.9. The maximum absolute atomic E-state index is 12.5. The van der Waals surface area contributed by atoms with Crippen LogP contribution >= 0.6 is 0 Å². The van der Waals surface area contributed by atoms with Crippen molar-refractivity contribution in [2.24, 2.45) is 5.92 Å². The molecule has 0 aliphatic heterocycles. The van der Waals surface area contributed by atoms with Crippen LogP contribution in [-0.2, 0) is 22.7 Å². The van der Waals surface area contributed by atoms with Gasteiger partial charge in [-0.05, 0) is 49.6 Å². The van der Waals surface area contributed by atoms with Crippen LogP contribution in [0.1, 0.15) is 36.4 Å². The summed E-state index contributed by atoms with van der Waals surface area (Å²) in [5.41, 5.74) is 2.66. The highest BCUT2D eigenvalue weighted by Gasteiger charge is 2.16. The quantitative estimate of drug-likeness (QED) is 0.277. The van der Waals surface area contributed by atoms with Crippen molar-refractivity contribution in [3.8, 4) is 11.8 Å². The van der Waals surface area contributed by atoms with Gasteiger partial charge in [0.1, 0.15) is 29.6 Å². The topological polar surface area (TPSA) is 105 Å². The monoisotopic (exact) mass is 420 g/mol. The molecule has 31 heavy (non-hydrogen) atoms. The Morgan fingerprint density at radius 1 is 1.29 bits per heavy atom. The number of ether oxygens (including phenoxy) is 1. The summed E-state index contributed by atoms with van der Waals surface area (Å²) in [6.07, 6.45) is 1.52. The van der Waals surface area contributed by atoms with E-state index in [1.807, 2.05) is 26.0 Å². The molecule has 0 bridgehead atoms. The number of aromatic nitrogens is 1. The zero-order chi connectivity index (χ0) is 22.7. The zero-order valence-electron chi connectivity index (χ0n) is 17.9. The molecule has 2 aromatic heterocycles. The lowest BCUT2D eigenvalue weighted by Crippen LogP contribution is -2.09. The summed E-state index contributed by atoms with van der Waals surface area (Å²) < 4.78 is 12.5. The first-order chi connectivity index (χ1) is 14.7. The normalized spacial score (nSPS) is 11.7. The molecular weight excluding hydrogens is 396 g/mol. The number of nitrogens with zero attached hydrogens (tertiary/aromatic N) is 2. The number of aromatic hydroxyl groups is 1. The van der Waals surface area contributed by atoms with Gasteiger partial charge in [0.2, 0.25) is 0 Å². The largest absolute Gasteiger partial charge is 0.508 e. The van der Waals surface area contributed by atoms with Gasteiger partial charge in [-0.2, -0.15) is 5.26 Å². The molecule has 7 heteroatoms. The van der Waals surface area contributed by atoms with Crippen molar-refractivity contribution >= 4 is 23.0 Å². The van der Waals surface area contributed by atoms with Gasteiger partial charge in [-0.1, -0.05) is 13.8 Å². The second-order valence-corrected chi connectivity index (χ2v) is 7.85. The van der Waals surface area contributed by atoms with Crippen LogP contribution in [0.3, 0.4) is 0 Å². The highest BCUT2D eigenvalue weighted by Crippen LogP contribution is 2.23. The molecule has 0 atom stereocenters. The molecule has 0 amide bonds. The smallest absolute Gasteiger partial charge is 0.349 e. The zero-order valence-corrected chi connectivity index (χ0v) is 17.9. The van der Waals surface area contributed by atoms with Crippen LogP contribution < -0.4 is 5.63 Å². The minimum absolute atomic E-state index is 0.0467. The maximum atomic E-state index is 12.5. The summed E-state index contributed by atoms with van der Waals surface area (Å²) in [6, 6.07) is 9.39. The van der Waals surface area contributed by atoms with E-state index in [0.717, 1.165) is 23.5 Å². The van der Waals surface area contributed by atoms with Crippen molar-refractivity contribution in [1.29, 1.82) is 5.26 Å². The standard InChI is InChI=1S/C24H24N2O5/c1-14(2)12-26-15(3)7-17(16(26)4)8-18(11-25)24(29)30-13-19-9-23(28)31-22-10-20(27)5-6-21(19)22/h5-10,14,27H,12-13H2,1-4H3/b18-8+. The van der Waals surface area contributed by atoms with Gasteiger partial charge in [0, 0.05) is 41.0 Å². The number of benzene rings is 1. The van der Waals surface area contributed by atoms with Crippen molar-refractivity contribution in [3.05, 3.63) is 68.8 Å². The highest BCUT2D eigenvalue weighted by atomic mass is 16.5. The summed E-state index contributed by atoms with van der Waals surface area (Å²) in [6.45, 7) is 8.82. The lowest BCUT2D eigenvalue weighted by molar-refractivity contribution is -0.139. The van der Waals surface area contributed by atoms with Gasteiger partial charge in [0.25, 0.3) is 0 Å². The second-order valence-electron chi connectivity index (χ2n) is 7.85. The van der Waals surface area contributed by atoms with Crippen LogP contribution in [-0.4, -0.2) is 15.6 Å². The fourth-order valence-corrected chi connectivity index (χ4v) is 3.47. The van der Waals surface area contributed by atoms with Crippen LogP contribution in [0.2, 0.25) is 0 Å². The molecule has 0 saturated heterocycles. The number of fused-ring (bicyclic) bond motifs is 1. The first-order valence-corrected chi connectivity index (χ1v) is 9.91. The van der Waals surface area contributed by atoms with Crippen molar-refractivity contribution in [3.63, 3.8) is 0 Å². The molecule has 3 rings (SSSR count). The maximum Gasteiger partial charge on any atom is 0.349 e. The third kappa shape index (κ3) is 4.86. The Morgan fingerprint density at radius 2 is 2.03 bits per heavy atom. The first-order valence-electron chi connectivity index (χ1n) is 9.91. The average molecular weight is 420 g/mol. The van der Waals surface area contributed by atoms with E-state index in [-0.39, 0.29) is 23.5 Å². The number of aryl methyl sites for hydroxylation is 1. The van der Waals surface area contributed by atoms with Gasteiger partial charge in [-0.15, -0.1) is 0 Å². The number of carbonyl (C=O) groups is 1. The molecule has 7 nitrogen and oxygen atoms in total. The third-order valence-corrected chi connectivity index (χ3v) is 4.97. The molecule has 0 radical (unpaired) electrons. The van der Waals surface area contributed by atoms with Gasteiger partial charge in [-0.25, -0.2) is 9.59 Å². The number of hydrogen-bond acceptors (Lipinski definition) is 6. The van der Waals surface area contributed by atoms with Crippen LogP contribution in [0.4, 0.5) is 0 Å². The van der Waals surface area contributed by atoms with Crippen LogP contribution in [0, 0.1) is 31.1 Å². The molecule has 2 heterocycles. The number of rotatable bonds is 6. The molecule has 0 aliphatic carbocycles. The fraction of sp³-hybridized carbons (Fsp3) is 0.292. The predicted octanol–water partition coefficient (Wildman–Crippen LogP) is 4.22. The van der Waals surface area contributed by atoms with Crippen molar-refractivity contribution in [2.45, 2.75) is 40.8 Å². The molecule has 0 aliphatic rings. The Labute approximate surface area is 179 Å². The average Bonchev–Trinajstić information content (AvgIpc) is 2.96. The third-order valence-electron chi connectivity index (χ3n) is 4.97. The summed E-state index contributed by atoms with van der Waals surface area (Å²) in [4.78, 5) is 24.3. The number of nitriles is 1. The highest BCUT2D eigenvalue weighted by molar-refractivity contribution is 5.98. The van der Waals surface area contributed by atoms with E-state index in [4.69, 9.17) is 9.15 Å². The van der Waals surface area contributed by atoms with Crippen molar-refractivity contribution in [1.82, 2.24) is 4.57 Å². The fourth-order valence-electron chi connectivity index (χ4n) is 3.47. The number of phenolic OH excluding ortho intramolecular Hbond substituents is 1. The van der Waals surface area contributed by atoms with E-state index >= 15 is 0 Å². The Kier molecular flexibility index (Phi) is 6.30. The molecule has 0 spiro atoms. The molecule has 1 N–H and O–H groups in total. The van der Waals surface area contributed by atoms with Crippen molar-refractivity contribution < 1.29 is 19.1 Å². The van der Waals surface area contributed by atoms with Gasteiger partial charge in [0.05, 0.1) is 0 Å². The Morgan fingerprint density at radius 3 is 2.71 bits per heavy atom. The summed E-state index contributed by atoms with van der Waals surface area (Å²) >= 11 is 0. The molecule has 0 saturated carbocycles. The Hall–Kier alpha value is -3.79. The van der Waals surface area contributed by atoms with Crippen molar-refractivity contribution in [2.75, 3.05) is 0 Å². The van der Waals surface area contributed by atoms with E-state index in [1.54, 1.807) is 6.07 Å². The summed E-state index contributed by atoms with van der Waals surface area (Å²) in [7, 11) is 0. The molecule has 3 aromatic rings. The minimum Gasteiger partial charge on any atom is -0.508 e. The van der Waals surface area contributed by atoms with Crippen LogP contribution in [0.25, 0.3) is 17.0 Å². The van der Waals surface area contributed by atoms with Crippen LogP contribution in [0.5, 0.6) is 5.75 Å². The molecule has 0 fully saturated rings. The lowest BCUT2D eigenvalue weighted by atomic mass is 10.1. The summed E-state index contributed by atoms with van der Waals surface area (Å²) in [5.74, 6) is -0.367. The van der Waals surface area contributed by atoms with Gasteiger partial charge < -0.3 is 18.8 Å². The van der Waals surface area contributed by atoms with Gasteiger partial charge in [0.15, 0.2) is 0 Å². The van der Waals surface area contributed by atoms with Gasteiger partial charge in [-0.3, -0.25) is 0 Å². The molecule has 1 aromatic carbocycles.